The molecule has 0 saturated carbocycles. The van der Waals surface area contributed by atoms with Gasteiger partial charge in [0.25, 0.3) is 5.97 Å². The van der Waals surface area contributed by atoms with Gasteiger partial charge in [0.2, 0.25) is 6.29 Å². The summed E-state index contributed by atoms with van der Waals surface area (Å²) in [5.41, 5.74) is 0. The van der Waals surface area contributed by atoms with Crippen LogP contribution in [0.25, 0.3) is 0 Å². The third kappa shape index (κ3) is 29.5. The van der Waals surface area contributed by atoms with Crippen molar-refractivity contribution >= 4 is 17.9 Å². The van der Waals surface area contributed by atoms with Crippen molar-refractivity contribution in [3.63, 3.8) is 0 Å². The fraction of sp³-hybridized carbons (Fsp3) is 0.700. The zero-order valence-corrected chi connectivity index (χ0v) is 13.1. The van der Waals surface area contributed by atoms with Gasteiger partial charge in [-0.1, -0.05) is 0 Å². The molecule has 0 aromatic carbocycles. The van der Waals surface area contributed by atoms with Gasteiger partial charge in [-0.05, 0) is 6.42 Å². The van der Waals surface area contributed by atoms with E-state index in [1.807, 2.05) is 0 Å². The predicted octanol–water partition coefficient (Wildman–Crippen LogP) is 0.300. The van der Waals surface area contributed by atoms with E-state index in [-0.39, 0.29) is 45.2 Å². The van der Waals surface area contributed by atoms with Crippen LogP contribution in [-0.2, 0) is 50.1 Å². The number of hydrogen-bond donors (Lipinski definition) is 2. The maximum Gasteiger partial charge on any atom is 0.304 e. The van der Waals surface area contributed by atoms with Crippen molar-refractivity contribution in [1.29, 1.82) is 0 Å². The molecule has 0 fully saturated rings. The molecule has 0 saturated heterocycles. The Labute approximate surface area is 125 Å². The molecular formula is C10H18O7Zr. The van der Waals surface area contributed by atoms with E-state index in [0.29, 0.717) is 6.42 Å². The fourth-order valence-corrected chi connectivity index (χ4v) is 0.724. The number of carboxylic acids is 1. The Bertz CT molecular complexity index is 251. The van der Waals surface area contributed by atoms with Crippen molar-refractivity contribution in [3.05, 3.63) is 0 Å². The Morgan fingerprint density at radius 3 is 1.89 bits per heavy atom. The first-order valence-corrected chi connectivity index (χ1v) is 4.94. The van der Waals surface area contributed by atoms with Gasteiger partial charge >= 0.3 is 11.9 Å². The maximum atomic E-state index is 10.3. The van der Waals surface area contributed by atoms with E-state index in [1.54, 1.807) is 0 Å². The third-order valence-electron chi connectivity index (χ3n) is 1.20. The number of carbonyl (C=O) groups excluding carboxylic acids is 2. The van der Waals surface area contributed by atoms with Gasteiger partial charge in [0.15, 0.2) is 0 Å². The van der Waals surface area contributed by atoms with Gasteiger partial charge in [-0.15, -0.1) is 0 Å². The monoisotopic (exact) mass is 340 g/mol. The van der Waals surface area contributed by atoms with E-state index in [1.165, 1.54) is 13.8 Å². The van der Waals surface area contributed by atoms with Gasteiger partial charge in [0.05, 0.1) is 6.61 Å². The summed E-state index contributed by atoms with van der Waals surface area (Å²) in [4.78, 5) is 29.6. The van der Waals surface area contributed by atoms with Crippen molar-refractivity contribution in [3.8, 4) is 0 Å². The summed E-state index contributed by atoms with van der Waals surface area (Å²) >= 11 is 0. The van der Waals surface area contributed by atoms with Crippen LogP contribution in [0, 0.1) is 0 Å². The standard InChI is InChI=1S/C8H14O5.C2H4O2.Zr/c1-6(9)12-5-3-4-8(11)13-7(2)10;1-2(3)4;/h8,11H,3-5H2,1-2H3;1H3,(H,3,4);. The largest absolute Gasteiger partial charge is 0.481 e. The summed E-state index contributed by atoms with van der Waals surface area (Å²) in [7, 11) is 0. The molecule has 104 valence electrons. The van der Waals surface area contributed by atoms with Crippen molar-refractivity contribution in [1.82, 2.24) is 0 Å². The summed E-state index contributed by atoms with van der Waals surface area (Å²) in [6.07, 6.45) is -0.367. The molecule has 8 heteroatoms. The number of esters is 2. The number of hydrogen-bond acceptors (Lipinski definition) is 6. The molecule has 0 amide bonds. The Kier molecular flexibility index (Phi) is 17.8. The molecule has 0 aromatic heterocycles. The van der Waals surface area contributed by atoms with Gasteiger partial charge in [0, 0.05) is 53.4 Å². The van der Waals surface area contributed by atoms with Crippen LogP contribution < -0.4 is 0 Å². The Morgan fingerprint density at radius 1 is 1.11 bits per heavy atom. The summed E-state index contributed by atoms with van der Waals surface area (Å²) in [5, 5.41) is 16.4. The van der Waals surface area contributed by atoms with Crippen molar-refractivity contribution in [2.75, 3.05) is 6.61 Å². The second-order valence-corrected chi connectivity index (χ2v) is 3.07. The molecule has 0 radical (unpaired) electrons. The first-order valence-electron chi connectivity index (χ1n) is 4.94. The van der Waals surface area contributed by atoms with Crippen molar-refractivity contribution < 1.29 is 60.3 Å². The number of aliphatic hydroxyl groups is 1. The SMILES string of the molecule is CC(=O)O.CC(=O)OCCCC(O)OC(C)=O.[Zr]. The second-order valence-electron chi connectivity index (χ2n) is 3.07. The molecule has 1 atom stereocenters. The van der Waals surface area contributed by atoms with Crippen LogP contribution in [0.4, 0.5) is 0 Å². The molecule has 0 aliphatic heterocycles. The van der Waals surface area contributed by atoms with E-state index in [9.17, 15) is 9.59 Å². The Hall–Kier alpha value is -0.747. The van der Waals surface area contributed by atoms with Crippen LogP contribution in [0.15, 0.2) is 0 Å². The minimum Gasteiger partial charge on any atom is -0.481 e. The molecule has 2 N–H and O–H groups in total. The van der Waals surface area contributed by atoms with Gasteiger partial charge in [-0.25, -0.2) is 0 Å². The molecule has 0 bridgehead atoms. The summed E-state index contributed by atoms with van der Waals surface area (Å²) < 4.78 is 9.04. The quantitative estimate of drug-likeness (QED) is 0.420. The van der Waals surface area contributed by atoms with Crippen molar-refractivity contribution in [2.45, 2.75) is 39.9 Å². The fourth-order valence-electron chi connectivity index (χ4n) is 0.724. The van der Waals surface area contributed by atoms with Crippen LogP contribution in [0.2, 0.25) is 0 Å². The van der Waals surface area contributed by atoms with E-state index < -0.39 is 18.2 Å². The van der Waals surface area contributed by atoms with Gasteiger partial charge in [-0.3, -0.25) is 14.4 Å². The number of aliphatic carboxylic acids is 1. The minimum absolute atomic E-state index is 0. The van der Waals surface area contributed by atoms with Gasteiger partial charge in [0.1, 0.15) is 0 Å². The van der Waals surface area contributed by atoms with Gasteiger partial charge < -0.3 is 19.7 Å². The van der Waals surface area contributed by atoms with Crippen LogP contribution in [0.1, 0.15) is 33.6 Å². The minimum atomic E-state index is -1.10. The zero-order valence-electron chi connectivity index (χ0n) is 10.6. The smallest absolute Gasteiger partial charge is 0.304 e. The average Bonchev–Trinajstić information content (AvgIpc) is 2.10. The number of ether oxygens (including phenoxy) is 2. The van der Waals surface area contributed by atoms with E-state index in [2.05, 4.69) is 9.47 Å². The Morgan fingerprint density at radius 2 is 1.56 bits per heavy atom. The molecule has 0 aliphatic rings. The topological polar surface area (TPSA) is 110 Å². The number of rotatable bonds is 5. The number of aliphatic hydroxyl groups excluding tert-OH is 1. The van der Waals surface area contributed by atoms with Crippen LogP contribution in [0.3, 0.4) is 0 Å². The van der Waals surface area contributed by atoms with Gasteiger partial charge in [-0.2, -0.15) is 0 Å². The second kappa shape index (κ2) is 14.3. The van der Waals surface area contributed by atoms with E-state index in [0.717, 1.165) is 6.92 Å². The number of carbonyl (C=O) groups is 3. The Balaban J connectivity index is -0.000000392. The van der Waals surface area contributed by atoms with E-state index in [4.69, 9.17) is 15.0 Å². The molecule has 0 aliphatic carbocycles. The first kappa shape index (κ1) is 22.4. The third-order valence-corrected chi connectivity index (χ3v) is 1.20. The number of carboxylic acid groups (broad SMARTS) is 1. The van der Waals surface area contributed by atoms with Crippen molar-refractivity contribution in [2.24, 2.45) is 0 Å². The van der Waals surface area contributed by atoms with Crippen LogP contribution in [0.5, 0.6) is 0 Å². The molecule has 18 heavy (non-hydrogen) atoms. The summed E-state index contributed by atoms with van der Waals surface area (Å²) in [5.74, 6) is -1.72. The summed E-state index contributed by atoms with van der Waals surface area (Å²) in [6, 6.07) is 0. The molecule has 0 spiro atoms. The molecule has 0 heterocycles. The average molecular weight is 341 g/mol. The summed E-state index contributed by atoms with van der Waals surface area (Å²) in [6.45, 7) is 3.84. The molecule has 0 rings (SSSR count). The van der Waals surface area contributed by atoms with Crippen LogP contribution in [-0.4, -0.2) is 41.0 Å². The first-order chi connectivity index (χ1) is 7.75. The van der Waals surface area contributed by atoms with E-state index >= 15 is 0 Å². The predicted molar refractivity (Wildman–Crippen MR) is 56.9 cm³/mol. The molecular weight excluding hydrogens is 323 g/mol. The maximum absolute atomic E-state index is 10.3. The zero-order chi connectivity index (χ0) is 13.8. The molecule has 7 nitrogen and oxygen atoms in total. The normalized spacial score (nSPS) is 10.0. The van der Waals surface area contributed by atoms with Crippen LogP contribution >= 0.6 is 0 Å². The molecule has 0 aromatic rings. The molecule has 1 unspecified atom stereocenters.